The van der Waals surface area contributed by atoms with Crippen molar-refractivity contribution >= 4 is 41.2 Å². The summed E-state index contributed by atoms with van der Waals surface area (Å²) < 4.78 is 25.4. The van der Waals surface area contributed by atoms with Crippen molar-refractivity contribution in [3.63, 3.8) is 0 Å². The van der Waals surface area contributed by atoms with Crippen LogP contribution in [0, 0.1) is 0 Å². The normalized spacial score (nSPS) is 16.0. The van der Waals surface area contributed by atoms with Crippen molar-refractivity contribution in [2.24, 2.45) is 17.3 Å². The Balaban J connectivity index is 0.000000847. The molecular formula is C29H45N5O10. The zero-order chi connectivity index (χ0) is 33.7. The molecule has 1 aliphatic heterocycles. The van der Waals surface area contributed by atoms with Crippen molar-refractivity contribution in [2.45, 2.75) is 72.2 Å². The first kappa shape index (κ1) is 39.4. The van der Waals surface area contributed by atoms with Gasteiger partial charge in [-0.1, -0.05) is 32.0 Å². The average molecular weight is 624 g/mol. The Morgan fingerprint density at radius 1 is 1.07 bits per heavy atom. The summed E-state index contributed by atoms with van der Waals surface area (Å²) in [5, 5.41) is 2.74. The summed E-state index contributed by atoms with van der Waals surface area (Å²) >= 11 is 0. The van der Waals surface area contributed by atoms with Crippen LogP contribution in [-0.2, 0) is 47.7 Å². The number of para-hydroxylation sites is 1. The molecule has 0 aromatic heterocycles. The van der Waals surface area contributed by atoms with E-state index in [1.165, 1.54) is 40.2 Å². The van der Waals surface area contributed by atoms with Crippen molar-refractivity contribution in [2.75, 3.05) is 25.6 Å². The fourth-order valence-corrected chi connectivity index (χ4v) is 3.68. The van der Waals surface area contributed by atoms with E-state index in [0.717, 1.165) is 0 Å². The number of nitrogens with two attached hydrogens (primary N) is 3. The third kappa shape index (κ3) is 15.0. The summed E-state index contributed by atoms with van der Waals surface area (Å²) in [7, 11) is 1.20. The molecule has 0 saturated carbocycles. The topological polar surface area (TPSA) is 234 Å². The molecule has 44 heavy (non-hydrogen) atoms. The van der Waals surface area contributed by atoms with E-state index < -0.39 is 42.2 Å². The predicted molar refractivity (Wildman–Crippen MR) is 162 cm³/mol. The Labute approximate surface area is 257 Å². The molecule has 15 nitrogen and oxygen atoms in total. The minimum absolute atomic E-state index is 0.0306. The quantitative estimate of drug-likeness (QED) is 0.0957. The number of hydrogen-bond acceptors (Lipinski definition) is 14. The van der Waals surface area contributed by atoms with Crippen molar-refractivity contribution in [3.8, 4) is 0 Å². The third-order valence-electron chi connectivity index (χ3n) is 5.38. The smallest absolute Gasteiger partial charge is 0.372 e. The first-order chi connectivity index (χ1) is 20.9. The molecule has 3 atom stereocenters. The number of benzene rings is 1. The van der Waals surface area contributed by atoms with E-state index in [9.17, 15) is 24.0 Å². The lowest BCUT2D eigenvalue weighted by Crippen LogP contribution is -2.46. The maximum atomic E-state index is 11.7. The predicted octanol–water partition coefficient (Wildman–Crippen LogP) is 1.37. The Morgan fingerprint density at radius 2 is 1.73 bits per heavy atom. The molecule has 0 fully saturated rings. The lowest BCUT2D eigenvalue weighted by Gasteiger charge is -2.35. The third-order valence-corrected chi connectivity index (χ3v) is 5.38. The van der Waals surface area contributed by atoms with Gasteiger partial charge in [-0.3, -0.25) is 25.0 Å². The highest BCUT2D eigenvalue weighted by molar-refractivity contribution is 5.94. The second-order valence-electron chi connectivity index (χ2n) is 8.70. The van der Waals surface area contributed by atoms with E-state index in [4.69, 9.17) is 36.3 Å². The van der Waals surface area contributed by atoms with Crippen LogP contribution >= 0.6 is 0 Å². The lowest BCUT2D eigenvalue weighted by atomic mass is 9.99. The number of methoxy groups -OCH3 is 1. The number of nitrogens with one attached hydrogen (secondary N) is 2. The lowest BCUT2D eigenvalue weighted by molar-refractivity contribution is -0.175. The molecule has 246 valence electrons. The number of amides is 1. The van der Waals surface area contributed by atoms with Crippen LogP contribution in [0.3, 0.4) is 0 Å². The van der Waals surface area contributed by atoms with E-state index in [-0.39, 0.29) is 37.5 Å². The summed E-state index contributed by atoms with van der Waals surface area (Å²) in [5.74, 6) is 2.62. The summed E-state index contributed by atoms with van der Waals surface area (Å²) in [6.07, 6.45) is 0.841. The van der Waals surface area contributed by atoms with E-state index in [0.29, 0.717) is 23.5 Å². The van der Waals surface area contributed by atoms with Gasteiger partial charge in [0.1, 0.15) is 12.2 Å². The van der Waals surface area contributed by atoms with Crippen LogP contribution < -0.4 is 28.1 Å². The molecule has 1 aromatic rings. The van der Waals surface area contributed by atoms with Crippen LogP contribution in [0.5, 0.6) is 0 Å². The van der Waals surface area contributed by atoms with Crippen LogP contribution in [-0.4, -0.2) is 68.4 Å². The molecule has 1 amide bonds. The Morgan fingerprint density at radius 3 is 2.27 bits per heavy atom. The van der Waals surface area contributed by atoms with Gasteiger partial charge in [0.25, 0.3) is 0 Å². The van der Waals surface area contributed by atoms with Gasteiger partial charge in [0, 0.05) is 58.3 Å². The van der Waals surface area contributed by atoms with Crippen LogP contribution in [0.25, 0.3) is 5.70 Å². The Kier molecular flexibility index (Phi) is 19.7. The molecule has 0 aliphatic carbocycles. The summed E-state index contributed by atoms with van der Waals surface area (Å²) in [5.41, 5.74) is 15.2. The standard InChI is InChI=1S/C16H22O9.C11H17N5O.C2H6/c1-9(17)22-8-7-13(24-11(3)19)15-12(23-10(2)18)5-6-14(25-15)16(20)21-4;12-6-5-11(17)16-10-4-2-1-3-8(10)9(13)7-15-14;1-2/h6,12-13,15H,5,7-8H2,1-4H3;1-4,7,15H,5-6,12-14H2,(H,16,17);1-2H3/b;9-7-;. The van der Waals surface area contributed by atoms with Crippen molar-refractivity contribution in [3.05, 3.63) is 47.9 Å². The number of carbonyl (C=O) groups is 5. The largest absolute Gasteiger partial charge is 0.475 e. The van der Waals surface area contributed by atoms with Crippen molar-refractivity contribution < 1.29 is 47.7 Å². The van der Waals surface area contributed by atoms with Crippen LogP contribution in [0.1, 0.15) is 59.4 Å². The van der Waals surface area contributed by atoms with Gasteiger partial charge in [-0.05, 0) is 12.1 Å². The molecule has 3 unspecified atom stereocenters. The number of ether oxygens (including phenoxy) is 5. The zero-order valence-electron chi connectivity index (χ0n) is 26.0. The highest BCUT2D eigenvalue weighted by Crippen LogP contribution is 2.27. The molecule has 15 heteroatoms. The number of hydrogen-bond donors (Lipinski definition) is 5. The van der Waals surface area contributed by atoms with Crippen LogP contribution in [0.4, 0.5) is 5.69 Å². The minimum atomic E-state index is -0.942. The van der Waals surface area contributed by atoms with Crippen molar-refractivity contribution in [1.82, 2.24) is 5.43 Å². The van der Waals surface area contributed by atoms with Crippen molar-refractivity contribution in [1.29, 1.82) is 0 Å². The van der Waals surface area contributed by atoms with Gasteiger partial charge in [0.15, 0.2) is 6.10 Å². The molecule has 8 N–H and O–H groups in total. The van der Waals surface area contributed by atoms with Gasteiger partial charge in [0.2, 0.25) is 11.7 Å². The molecule has 0 bridgehead atoms. The summed E-state index contributed by atoms with van der Waals surface area (Å²) in [4.78, 5) is 56.8. The number of rotatable bonds is 12. The molecule has 0 spiro atoms. The van der Waals surface area contributed by atoms with Crippen LogP contribution in [0.2, 0.25) is 0 Å². The van der Waals surface area contributed by atoms with E-state index >= 15 is 0 Å². The average Bonchev–Trinajstić information content (AvgIpc) is 2.97. The molecule has 1 aliphatic rings. The Hall–Kier alpha value is -4.63. The SMILES string of the molecule is CC.COC(=O)C1=CCC(OC(C)=O)C(C(CCOC(C)=O)OC(C)=O)O1.NCCC(=O)Nc1ccccc1/C(N)=C/NN. The molecule has 1 aromatic carbocycles. The van der Waals surface area contributed by atoms with Gasteiger partial charge < -0.3 is 45.9 Å². The highest BCUT2D eigenvalue weighted by atomic mass is 16.6. The summed E-state index contributed by atoms with van der Waals surface area (Å²) in [6, 6.07) is 7.19. The zero-order valence-corrected chi connectivity index (χ0v) is 26.0. The van der Waals surface area contributed by atoms with Gasteiger partial charge in [0.05, 0.1) is 25.1 Å². The number of carbonyl (C=O) groups excluding carboxylic acids is 5. The molecule has 0 radical (unpaired) electrons. The number of esters is 4. The highest BCUT2D eigenvalue weighted by Gasteiger charge is 2.40. The second kappa shape index (κ2) is 22.0. The molecule has 0 saturated heterocycles. The van der Waals surface area contributed by atoms with E-state index in [2.05, 4.69) is 15.5 Å². The number of hydrazine groups is 1. The maximum Gasteiger partial charge on any atom is 0.372 e. The summed E-state index contributed by atoms with van der Waals surface area (Å²) in [6.45, 7) is 7.97. The van der Waals surface area contributed by atoms with E-state index in [1.807, 2.05) is 26.0 Å². The second-order valence-corrected chi connectivity index (χ2v) is 8.70. The first-order valence-electron chi connectivity index (χ1n) is 13.9. The minimum Gasteiger partial charge on any atom is -0.475 e. The van der Waals surface area contributed by atoms with Gasteiger partial charge in [-0.25, -0.2) is 4.79 Å². The first-order valence-corrected chi connectivity index (χ1v) is 13.9. The number of anilines is 1. The monoisotopic (exact) mass is 623 g/mol. The molecular weight excluding hydrogens is 578 g/mol. The fourth-order valence-electron chi connectivity index (χ4n) is 3.68. The van der Waals surface area contributed by atoms with Crippen LogP contribution in [0.15, 0.2) is 42.3 Å². The van der Waals surface area contributed by atoms with Gasteiger partial charge in [-0.15, -0.1) is 0 Å². The molecule has 1 heterocycles. The molecule has 2 rings (SSSR count). The fraction of sp³-hybridized carbons (Fsp3) is 0.483. The Bertz CT molecular complexity index is 1160. The van der Waals surface area contributed by atoms with Gasteiger partial charge in [-0.2, -0.15) is 0 Å². The maximum absolute atomic E-state index is 11.7. The van der Waals surface area contributed by atoms with Gasteiger partial charge >= 0.3 is 23.9 Å². The van der Waals surface area contributed by atoms with E-state index in [1.54, 1.807) is 12.1 Å².